The van der Waals surface area contributed by atoms with Crippen LogP contribution in [0.25, 0.3) is 0 Å². The van der Waals surface area contributed by atoms with E-state index in [1.807, 2.05) is 29.2 Å². The Morgan fingerprint density at radius 2 is 2.16 bits per heavy atom. The van der Waals surface area contributed by atoms with Gasteiger partial charge in [-0.05, 0) is 43.2 Å². The van der Waals surface area contributed by atoms with E-state index in [2.05, 4.69) is 10.3 Å². The number of hydrogen-bond acceptors (Lipinski definition) is 5. The quantitative estimate of drug-likeness (QED) is 0.888. The lowest BCUT2D eigenvalue weighted by atomic mass is 10.1. The third-order valence-corrected chi connectivity index (χ3v) is 4.32. The van der Waals surface area contributed by atoms with Crippen LogP contribution < -0.4 is 15.7 Å². The molecule has 7 heteroatoms. The summed E-state index contributed by atoms with van der Waals surface area (Å²) < 4.78 is 6.50. The lowest BCUT2D eigenvalue weighted by Crippen LogP contribution is -2.47. The molecule has 7 nitrogen and oxygen atoms in total. The van der Waals surface area contributed by atoms with Gasteiger partial charge in [-0.25, -0.2) is 9.78 Å². The van der Waals surface area contributed by atoms with Crippen LogP contribution >= 0.6 is 0 Å². The second-order valence-electron chi connectivity index (χ2n) is 6.08. The predicted molar refractivity (Wildman–Crippen MR) is 94.7 cm³/mol. The number of benzene rings is 1. The van der Waals surface area contributed by atoms with E-state index in [0.717, 1.165) is 24.3 Å². The number of carbonyl (C=O) groups excluding carboxylic acids is 1. The third kappa shape index (κ3) is 4.37. The number of ether oxygens (including phenoxy) is 1. The number of methoxy groups -OCH3 is 1. The highest BCUT2D eigenvalue weighted by atomic mass is 16.5. The molecule has 25 heavy (non-hydrogen) atoms. The van der Waals surface area contributed by atoms with Crippen molar-refractivity contribution >= 4 is 11.6 Å². The molecule has 1 saturated heterocycles. The first-order chi connectivity index (χ1) is 12.2. The molecular weight excluding hydrogens is 320 g/mol. The summed E-state index contributed by atoms with van der Waals surface area (Å²) in [6.45, 7) is 1.37. The Morgan fingerprint density at radius 1 is 1.36 bits per heavy atom. The highest BCUT2D eigenvalue weighted by Crippen LogP contribution is 2.19. The first-order valence-corrected chi connectivity index (χ1v) is 8.35. The van der Waals surface area contributed by atoms with Crippen LogP contribution in [0.2, 0.25) is 0 Å². The number of anilines is 1. The van der Waals surface area contributed by atoms with Crippen LogP contribution in [0.4, 0.5) is 5.69 Å². The molecule has 2 heterocycles. The van der Waals surface area contributed by atoms with Crippen LogP contribution in [0.1, 0.15) is 12.8 Å². The van der Waals surface area contributed by atoms with Crippen LogP contribution in [0, 0.1) is 0 Å². The molecular formula is C18H22N4O3. The van der Waals surface area contributed by atoms with E-state index in [0.29, 0.717) is 13.1 Å². The van der Waals surface area contributed by atoms with Crippen LogP contribution in [-0.4, -0.2) is 46.6 Å². The SMILES string of the molecule is COc1ccc(NC2CCCN(C(=O)Cn3cccnc3=O)C2)cc1. The number of likely N-dealkylation sites (tertiary alicyclic amines) is 1. The Balaban J connectivity index is 1.59. The van der Waals surface area contributed by atoms with E-state index >= 15 is 0 Å². The van der Waals surface area contributed by atoms with Gasteiger partial charge in [-0.1, -0.05) is 0 Å². The summed E-state index contributed by atoms with van der Waals surface area (Å²) in [5.41, 5.74) is 0.601. The topological polar surface area (TPSA) is 76.5 Å². The number of rotatable bonds is 5. The Morgan fingerprint density at radius 3 is 2.88 bits per heavy atom. The molecule has 0 bridgehead atoms. The fraction of sp³-hybridized carbons (Fsp3) is 0.389. The molecule has 1 N–H and O–H groups in total. The average Bonchev–Trinajstić information content (AvgIpc) is 2.64. The van der Waals surface area contributed by atoms with Crippen molar-refractivity contribution < 1.29 is 9.53 Å². The average molecular weight is 342 g/mol. The van der Waals surface area contributed by atoms with Gasteiger partial charge in [0.2, 0.25) is 5.91 Å². The number of hydrogen-bond donors (Lipinski definition) is 1. The van der Waals surface area contributed by atoms with Gasteiger partial charge in [0, 0.05) is 37.2 Å². The van der Waals surface area contributed by atoms with E-state index in [4.69, 9.17) is 4.74 Å². The largest absolute Gasteiger partial charge is 0.497 e. The maximum Gasteiger partial charge on any atom is 0.347 e. The van der Waals surface area contributed by atoms with Crippen molar-refractivity contribution in [2.24, 2.45) is 0 Å². The maximum absolute atomic E-state index is 12.5. The number of aromatic nitrogens is 2. The minimum Gasteiger partial charge on any atom is -0.497 e. The Kier molecular flexibility index (Phi) is 5.33. The number of amides is 1. The molecule has 3 rings (SSSR count). The van der Waals surface area contributed by atoms with Crippen molar-refractivity contribution in [1.29, 1.82) is 0 Å². The van der Waals surface area contributed by atoms with E-state index in [1.165, 1.54) is 10.8 Å². The summed E-state index contributed by atoms with van der Waals surface area (Å²) >= 11 is 0. The summed E-state index contributed by atoms with van der Waals surface area (Å²) in [6.07, 6.45) is 4.95. The molecule has 1 atom stereocenters. The van der Waals surface area contributed by atoms with Crippen molar-refractivity contribution in [3.8, 4) is 5.75 Å². The summed E-state index contributed by atoms with van der Waals surface area (Å²) in [4.78, 5) is 29.6. The standard InChI is InChI=1S/C18H22N4O3/c1-25-16-7-5-14(6-8-16)20-15-4-2-10-21(12-15)17(23)13-22-11-3-9-19-18(22)24/h3,5-9,11,15,20H,2,4,10,12-13H2,1H3. The molecule has 0 saturated carbocycles. The van der Waals surface area contributed by atoms with Gasteiger partial charge < -0.3 is 15.0 Å². The van der Waals surface area contributed by atoms with Gasteiger partial charge in [0.15, 0.2) is 0 Å². The van der Waals surface area contributed by atoms with Gasteiger partial charge in [0.05, 0.1) is 7.11 Å². The van der Waals surface area contributed by atoms with E-state index < -0.39 is 5.69 Å². The zero-order chi connectivity index (χ0) is 17.6. The van der Waals surface area contributed by atoms with E-state index in [-0.39, 0.29) is 18.5 Å². The van der Waals surface area contributed by atoms with Crippen molar-refractivity contribution in [2.75, 3.05) is 25.5 Å². The molecule has 0 radical (unpaired) electrons. The summed E-state index contributed by atoms with van der Waals surface area (Å²) in [5, 5.41) is 3.46. The zero-order valence-corrected chi connectivity index (χ0v) is 14.2. The zero-order valence-electron chi connectivity index (χ0n) is 14.2. The molecule has 0 aliphatic carbocycles. The monoisotopic (exact) mass is 342 g/mol. The van der Waals surface area contributed by atoms with Crippen LogP contribution in [0.5, 0.6) is 5.75 Å². The second kappa shape index (κ2) is 7.83. The first kappa shape index (κ1) is 17.0. The fourth-order valence-corrected chi connectivity index (χ4v) is 3.00. The van der Waals surface area contributed by atoms with Crippen molar-refractivity contribution in [2.45, 2.75) is 25.4 Å². The number of nitrogens with zero attached hydrogens (tertiary/aromatic N) is 3. The van der Waals surface area contributed by atoms with E-state index in [9.17, 15) is 9.59 Å². The van der Waals surface area contributed by atoms with Gasteiger partial charge in [-0.3, -0.25) is 9.36 Å². The minimum atomic E-state index is -0.402. The highest BCUT2D eigenvalue weighted by molar-refractivity contribution is 5.76. The van der Waals surface area contributed by atoms with Gasteiger partial charge in [-0.15, -0.1) is 0 Å². The lowest BCUT2D eigenvalue weighted by Gasteiger charge is -2.33. The van der Waals surface area contributed by atoms with Gasteiger partial charge in [0.1, 0.15) is 12.3 Å². The molecule has 2 aromatic rings. The van der Waals surface area contributed by atoms with Gasteiger partial charge in [-0.2, -0.15) is 0 Å². The molecule has 1 aliphatic rings. The minimum absolute atomic E-state index is 0.0297. The first-order valence-electron chi connectivity index (χ1n) is 8.35. The summed E-state index contributed by atoms with van der Waals surface area (Å²) in [5.74, 6) is 0.754. The third-order valence-electron chi connectivity index (χ3n) is 4.32. The van der Waals surface area contributed by atoms with Crippen LogP contribution in [0.15, 0.2) is 47.5 Å². The fourth-order valence-electron chi connectivity index (χ4n) is 3.00. The van der Waals surface area contributed by atoms with Crippen LogP contribution in [-0.2, 0) is 11.3 Å². The molecule has 0 spiro atoms. The molecule has 1 aromatic heterocycles. The van der Waals surface area contributed by atoms with Gasteiger partial charge >= 0.3 is 5.69 Å². The lowest BCUT2D eigenvalue weighted by molar-refractivity contribution is -0.133. The Hall–Kier alpha value is -2.83. The van der Waals surface area contributed by atoms with E-state index in [1.54, 1.807) is 19.4 Å². The number of nitrogens with one attached hydrogen (secondary N) is 1. The van der Waals surface area contributed by atoms with Crippen molar-refractivity contribution in [3.05, 3.63) is 53.2 Å². The Bertz CT molecular complexity index is 772. The van der Waals surface area contributed by atoms with Crippen molar-refractivity contribution in [3.63, 3.8) is 0 Å². The van der Waals surface area contributed by atoms with Crippen molar-refractivity contribution in [1.82, 2.24) is 14.5 Å². The molecule has 1 fully saturated rings. The molecule has 132 valence electrons. The smallest absolute Gasteiger partial charge is 0.347 e. The maximum atomic E-state index is 12.5. The highest BCUT2D eigenvalue weighted by Gasteiger charge is 2.23. The molecule has 1 aromatic carbocycles. The predicted octanol–water partition coefficient (Wildman–Crippen LogP) is 1.35. The van der Waals surface area contributed by atoms with Crippen LogP contribution in [0.3, 0.4) is 0 Å². The number of carbonyl (C=O) groups is 1. The molecule has 1 aliphatic heterocycles. The number of piperidine rings is 1. The Labute approximate surface area is 146 Å². The second-order valence-corrected chi connectivity index (χ2v) is 6.08. The molecule has 1 amide bonds. The summed E-state index contributed by atoms with van der Waals surface area (Å²) in [7, 11) is 1.64. The summed E-state index contributed by atoms with van der Waals surface area (Å²) in [6, 6.07) is 9.59. The van der Waals surface area contributed by atoms with Gasteiger partial charge in [0.25, 0.3) is 0 Å². The molecule has 1 unspecified atom stereocenters. The normalized spacial score (nSPS) is 17.2.